The fourth-order valence-electron chi connectivity index (χ4n) is 4.70. The number of anilines is 1. The molecule has 2 aliphatic heterocycles. The lowest BCUT2D eigenvalue weighted by Crippen LogP contribution is -2.45. The number of nitrogens with zero attached hydrogens (tertiary/aromatic N) is 2. The van der Waals surface area contributed by atoms with Crippen molar-refractivity contribution in [1.82, 2.24) is 10.2 Å². The van der Waals surface area contributed by atoms with Crippen LogP contribution in [0.5, 0.6) is 5.75 Å². The molecule has 5 nitrogen and oxygen atoms in total. The molecule has 5 heteroatoms. The molecule has 0 aliphatic carbocycles. The number of likely N-dealkylation sites (tertiary alicyclic amines) is 1. The molecule has 0 radical (unpaired) electrons. The van der Waals surface area contributed by atoms with Crippen molar-refractivity contribution in [2.75, 3.05) is 38.2 Å². The summed E-state index contributed by atoms with van der Waals surface area (Å²) in [6.45, 7) is 6.75. The molecular weight excluding hydrogens is 374 g/mol. The van der Waals surface area contributed by atoms with Crippen LogP contribution in [-0.2, 0) is 24.2 Å². The van der Waals surface area contributed by atoms with Crippen molar-refractivity contribution in [3.63, 3.8) is 0 Å². The number of methoxy groups -OCH3 is 1. The first kappa shape index (κ1) is 20.7. The quantitative estimate of drug-likeness (QED) is 0.764. The van der Waals surface area contributed by atoms with Crippen molar-refractivity contribution in [1.29, 1.82) is 0 Å². The molecule has 0 bridgehead atoms. The van der Waals surface area contributed by atoms with Crippen LogP contribution in [0.4, 0.5) is 5.69 Å². The van der Waals surface area contributed by atoms with Crippen molar-refractivity contribution < 1.29 is 9.53 Å². The molecule has 0 saturated carbocycles. The van der Waals surface area contributed by atoms with Crippen LogP contribution in [0.2, 0.25) is 0 Å². The molecule has 2 aromatic rings. The minimum absolute atomic E-state index is 0.0226. The summed E-state index contributed by atoms with van der Waals surface area (Å²) in [6, 6.07) is 15.8. The Kier molecular flexibility index (Phi) is 6.58. The third kappa shape index (κ3) is 4.96. The van der Waals surface area contributed by atoms with Crippen LogP contribution in [0.3, 0.4) is 0 Å². The van der Waals surface area contributed by atoms with E-state index in [1.165, 1.54) is 35.2 Å². The molecule has 0 atom stereocenters. The molecule has 1 N–H and O–H groups in total. The normalized spacial score (nSPS) is 17.1. The van der Waals surface area contributed by atoms with Crippen molar-refractivity contribution in [2.24, 2.45) is 0 Å². The molecule has 2 heterocycles. The van der Waals surface area contributed by atoms with Crippen molar-refractivity contribution in [2.45, 2.75) is 45.2 Å². The molecule has 30 heavy (non-hydrogen) atoms. The van der Waals surface area contributed by atoms with E-state index in [0.29, 0.717) is 12.6 Å². The number of carbonyl (C=O) groups excluding carboxylic acids is 1. The molecule has 0 aromatic heterocycles. The van der Waals surface area contributed by atoms with E-state index in [1.54, 1.807) is 14.0 Å². The Labute approximate surface area is 180 Å². The predicted molar refractivity (Wildman–Crippen MR) is 121 cm³/mol. The molecule has 4 rings (SSSR count). The summed E-state index contributed by atoms with van der Waals surface area (Å²) < 4.78 is 5.25. The molecule has 2 aromatic carbocycles. The number of nitrogens with one attached hydrogen (secondary N) is 1. The number of piperidine rings is 1. The van der Waals surface area contributed by atoms with E-state index in [9.17, 15) is 4.79 Å². The lowest BCUT2D eigenvalue weighted by molar-refractivity contribution is -0.119. The average Bonchev–Trinajstić information content (AvgIpc) is 3.20. The standard InChI is InChI=1S/C25H33N3O2/c1-19(29)26-18-21-3-6-22-10-16-28(25(22)17-21)23-11-14-27(15-12-23)13-9-20-4-7-24(30-2)8-5-20/h3-8,17,23H,9-16,18H2,1-2H3,(H,26,29). The first-order chi connectivity index (χ1) is 14.6. The third-order valence-corrected chi connectivity index (χ3v) is 6.50. The van der Waals surface area contributed by atoms with Gasteiger partial charge in [0.25, 0.3) is 0 Å². The number of rotatable bonds is 7. The minimum atomic E-state index is 0.0226. The van der Waals surface area contributed by atoms with Crippen LogP contribution in [-0.4, -0.2) is 50.1 Å². The van der Waals surface area contributed by atoms with Gasteiger partial charge in [-0.05, 0) is 60.6 Å². The highest BCUT2D eigenvalue weighted by atomic mass is 16.5. The fourth-order valence-corrected chi connectivity index (χ4v) is 4.70. The Balaban J connectivity index is 1.29. The highest BCUT2D eigenvalue weighted by molar-refractivity contribution is 5.73. The smallest absolute Gasteiger partial charge is 0.217 e. The monoisotopic (exact) mass is 407 g/mol. The van der Waals surface area contributed by atoms with Gasteiger partial charge in [0.15, 0.2) is 0 Å². The summed E-state index contributed by atoms with van der Waals surface area (Å²) in [5.74, 6) is 0.944. The van der Waals surface area contributed by atoms with Crippen LogP contribution in [0.25, 0.3) is 0 Å². The topological polar surface area (TPSA) is 44.8 Å². The highest BCUT2D eigenvalue weighted by Gasteiger charge is 2.29. The van der Waals surface area contributed by atoms with Gasteiger partial charge in [0.1, 0.15) is 5.75 Å². The van der Waals surface area contributed by atoms with Gasteiger partial charge < -0.3 is 19.9 Å². The zero-order chi connectivity index (χ0) is 20.9. The molecule has 1 amide bonds. The number of fused-ring (bicyclic) bond motifs is 1. The minimum Gasteiger partial charge on any atom is -0.497 e. The van der Waals surface area contributed by atoms with Gasteiger partial charge in [0, 0.05) is 51.4 Å². The van der Waals surface area contributed by atoms with Crippen molar-refractivity contribution in [3.05, 3.63) is 59.2 Å². The average molecular weight is 408 g/mol. The van der Waals surface area contributed by atoms with Crippen molar-refractivity contribution >= 4 is 11.6 Å². The van der Waals surface area contributed by atoms with E-state index in [1.807, 2.05) is 12.1 Å². The zero-order valence-corrected chi connectivity index (χ0v) is 18.2. The molecule has 2 aliphatic rings. The summed E-state index contributed by atoms with van der Waals surface area (Å²) in [5, 5.41) is 2.92. The second-order valence-corrected chi connectivity index (χ2v) is 8.49. The van der Waals surface area contributed by atoms with Gasteiger partial charge in [-0.25, -0.2) is 0 Å². The van der Waals surface area contributed by atoms with Crippen molar-refractivity contribution in [3.8, 4) is 5.75 Å². The lowest BCUT2D eigenvalue weighted by Gasteiger charge is -2.38. The SMILES string of the molecule is COc1ccc(CCN2CCC(N3CCc4ccc(CNC(C)=O)cc43)CC2)cc1. The van der Waals surface area contributed by atoms with Gasteiger partial charge >= 0.3 is 0 Å². The number of hydrogen-bond donors (Lipinski definition) is 1. The summed E-state index contributed by atoms with van der Waals surface area (Å²) in [6.07, 6.45) is 4.66. The van der Waals surface area contributed by atoms with Gasteiger partial charge in [-0.2, -0.15) is 0 Å². The first-order valence-electron chi connectivity index (χ1n) is 11.1. The van der Waals surface area contributed by atoms with Gasteiger partial charge in [-0.15, -0.1) is 0 Å². The molecular formula is C25H33N3O2. The Morgan fingerprint density at radius 1 is 1.07 bits per heavy atom. The fraction of sp³-hybridized carbons (Fsp3) is 0.480. The Morgan fingerprint density at radius 3 is 2.50 bits per heavy atom. The predicted octanol–water partition coefficient (Wildman–Crippen LogP) is 3.40. The maximum atomic E-state index is 11.2. The van der Waals surface area contributed by atoms with Crippen LogP contribution in [0, 0.1) is 0 Å². The zero-order valence-electron chi connectivity index (χ0n) is 18.2. The molecule has 160 valence electrons. The largest absolute Gasteiger partial charge is 0.497 e. The summed E-state index contributed by atoms with van der Waals surface area (Å²) in [4.78, 5) is 16.5. The van der Waals surface area contributed by atoms with Crippen LogP contribution in [0.15, 0.2) is 42.5 Å². The van der Waals surface area contributed by atoms with Gasteiger partial charge in [-0.1, -0.05) is 24.3 Å². The van der Waals surface area contributed by atoms with E-state index in [0.717, 1.165) is 44.8 Å². The second kappa shape index (κ2) is 9.52. The number of benzene rings is 2. The van der Waals surface area contributed by atoms with Gasteiger partial charge in [-0.3, -0.25) is 4.79 Å². The molecule has 0 unspecified atom stereocenters. The van der Waals surface area contributed by atoms with E-state index in [2.05, 4.69) is 45.4 Å². The Hall–Kier alpha value is -2.53. The Morgan fingerprint density at radius 2 is 1.80 bits per heavy atom. The maximum absolute atomic E-state index is 11.2. The summed E-state index contributed by atoms with van der Waals surface area (Å²) >= 11 is 0. The molecule has 1 fully saturated rings. The Bertz CT molecular complexity index is 857. The van der Waals surface area contributed by atoms with Crippen LogP contribution >= 0.6 is 0 Å². The summed E-state index contributed by atoms with van der Waals surface area (Å²) in [5.41, 5.74) is 5.39. The number of ether oxygens (including phenoxy) is 1. The summed E-state index contributed by atoms with van der Waals surface area (Å²) in [7, 11) is 1.71. The van der Waals surface area contributed by atoms with E-state index in [4.69, 9.17) is 4.74 Å². The number of amides is 1. The lowest BCUT2D eigenvalue weighted by atomic mass is 10.0. The third-order valence-electron chi connectivity index (χ3n) is 6.50. The van der Waals surface area contributed by atoms with Gasteiger partial charge in [0.2, 0.25) is 5.91 Å². The second-order valence-electron chi connectivity index (χ2n) is 8.49. The number of carbonyl (C=O) groups is 1. The maximum Gasteiger partial charge on any atom is 0.217 e. The van der Waals surface area contributed by atoms with E-state index >= 15 is 0 Å². The highest BCUT2D eigenvalue weighted by Crippen LogP contribution is 2.33. The first-order valence-corrected chi connectivity index (χ1v) is 11.1. The number of hydrogen-bond acceptors (Lipinski definition) is 4. The van der Waals surface area contributed by atoms with E-state index in [-0.39, 0.29) is 5.91 Å². The molecule has 1 saturated heterocycles. The van der Waals surface area contributed by atoms with Gasteiger partial charge in [0.05, 0.1) is 7.11 Å². The van der Waals surface area contributed by atoms with Crippen LogP contribution < -0.4 is 15.0 Å². The van der Waals surface area contributed by atoms with E-state index < -0.39 is 0 Å². The molecule has 0 spiro atoms. The van der Waals surface area contributed by atoms with Crippen LogP contribution in [0.1, 0.15) is 36.5 Å².